The Labute approximate surface area is 180 Å². The number of rotatable bonds is 3. The van der Waals surface area contributed by atoms with Crippen molar-refractivity contribution in [3.63, 3.8) is 0 Å². The van der Waals surface area contributed by atoms with E-state index in [1.807, 2.05) is 29.5 Å². The highest BCUT2D eigenvalue weighted by Gasteiger charge is 2.20. The zero-order valence-corrected chi connectivity index (χ0v) is 18.2. The van der Waals surface area contributed by atoms with Crippen molar-refractivity contribution in [1.82, 2.24) is 15.0 Å². The van der Waals surface area contributed by atoms with E-state index in [2.05, 4.69) is 75.4 Å². The van der Waals surface area contributed by atoms with E-state index in [4.69, 9.17) is 15.0 Å². The molecule has 0 aliphatic heterocycles. The second-order valence-electron chi connectivity index (χ2n) is 8.62. The van der Waals surface area contributed by atoms with Gasteiger partial charge in [-0.05, 0) is 17.7 Å². The van der Waals surface area contributed by atoms with E-state index >= 15 is 0 Å². The fraction of sp³-hybridized carbons (Fsp3) is 0.192. The summed E-state index contributed by atoms with van der Waals surface area (Å²) in [5.74, 6) is 2.39. The molecule has 5 rings (SSSR count). The van der Waals surface area contributed by atoms with Crippen LogP contribution in [0.15, 0.2) is 72.8 Å². The maximum atomic E-state index is 4.83. The number of hydrogen-bond acceptors (Lipinski definition) is 4. The van der Waals surface area contributed by atoms with Gasteiger partial charge in [0.25, 0.3) is 0 Å². The van der Waals surface area contributed by atoms with Crippen molar-refractivity contribution in [3.05, 3.63) is 90.0 Å². The van der Waals surface area contributed by atoms with E-state index in [-0.39, 0.29) is 5.41 Å². The third-order valence-electron chi connectivity index (χ3n) is 5.19. The van der Waals surface area contributed by atoms with Crippen LogP contribution in [-0.4, -0.2) is 15.0 Å². The molecule has 0 amide bonds. The topological polar surface area (TPSA) is 38.7 Å². The van der Waals surface area contributed by atoms with Gasteiger partial charge in [-0.15, -0.1) is 11.3 Å². The van der Waals surface area contributed by atoms with E-state index in [0.29, 0.717) is 6.42 Å². The molecule has 0 unspecified atom stereocenters. The lowest BCUT2D eigenvalue weighted by Gasteiger charge is -2.18. The smallest absolute Gasteiger partial charge is 0.163 e. The Bertz CT molecular complexity index is 1350. The first-order valence-corrected chi connectivity index (χ1v) is 11.0. The molecular formula is C26H23N3S. The largest absolute Gasteiger partial charge is 0.217 e. The van der Waals surface area contributed by atoms with Crippen molar-refractivity contribution in [3.8, 4) is 11.4 Å². The van der Waals surface area contributed by atoms with Crippen molar-refractivity contribution < 1.29 is 0 Å². The summed E-state index contributed by atoms with van der Waals surface area (Å²) in [4.78, 5) is 14.4. The van der Waals surface area contributed by atoms with Crippen LogP contribution in [0.1, 0.15) is 38.0 Å². The maximum absolute atomic E-state index is 4.83. The van der Waals surface area contributed by atoms with Crippen LogP contribution in [0, 0.1) is 0 Å². The third kappa shape index (κ3) is 3.59. The Kier molecular flexibility index (Phi) is 4.59. The summed E-state index contributed by atoms with van der Waals surface area (Å²) in [6, 6.07) is 25.4. The predicted molar refractivity (Wildman–Crippen MR) is 126 cm³/mol. The molecule has 5 aromatic rings. The molecule has 0 spiro atoms. The summed E-state index contributed by atoms with van der Waals surface area (Å²) in [6.45, 7) is 6.43. The summed E-state index contributed by atoms with van der Waals surface area (Å²) >= 11 is 1.84. The summed E-state index contributed by atoms with van der Waals surface area (Å²) < 4.78 is 2.63. The minimum Gasteiger partial charge on any atom is -0.217 e. The lowest BCUT2D eigenvalue weighted by molar-refractivity contribution is 0.538. The standard InChI is InChI=1S/C26H23N3S/c1-26(2,3)25-28-23(27-24(29-25)18-9-5-4-6-10-18)16-17-13-14-20-19-11-7-8-12-21(19)30-22(20)15-17/h4-15H,16H2,1-3H3. The predicted octanol–water partition coefficient (Wildman–Crippen LogP) is 6.79. The average Bonchev–Trinajstić information content (AvgIpc) is 3.11. The number of aromatic nitrogens is 3. The molecule has 2 heterocycles. The van der Waals surface area contributed by atoms with Crippen molar-refractivity contribution in [2.45, 2.75) is 32.6 Å². The van der Waals surface area contributed by atoms with E-state index in [0.717, 1.165) is 23.0 Å². The molecule has 0 radical (unpaired) electrons. The highest BCUT2D eigenvalue weighted by Crippen LogP contribution is 2.34. The lowest BCUT2D eigenvalue weighted by atomic mass is 9.95. The van der Waals surface area contributed by atoms with Crippen LogP contribution in [0.4, 0.5) is 0 Å². The average molecular weight is 410 g/mol. The molecule has 0 fully saturated rings. The molecule has 0 aliphatic carbocycles. The molecule has 3 nitrogen and oxygen atoms in total. The Morgan fingerprint density at radius 3 is 2.27 bits per heavy atom. The maximum Gasteiger partial charge on any atom is 0.163 e. The van der Waals surface area contributed by atoms with Gasteiger partial charge in [0.15, 0.2) is 5.82 Å². The van der Waals surface area contributed by atoms with Gasteiger partial charge in [-0.2, -0.15) is 0 Å². The number of thiophene rings is 1. The number of nitrogens with zero attached hydrogens (tertiary/aromatic N) is 3. The lowest BCUT2D eigenvalue weighted by Crippen LogP contribution is -2.19. The van der Waals surface area contributed by atoms with Crippen molar-refractivity contribution in [2.75, 3.05) is 0 Å². The number of benzene rings is 3. The van der Waals surface area contributed by atoms with Gasteiger partial charge in [-0.25, -0.2) is 15.0 Å². The Balaban J connectivity index is 1.57. The summed E-state index contributed by atoms with van der Waals surface area (Å²) in [6.07, 6.45) is 0.690. The minimum absolute atomic E-state index is 0.142. The molecule has 148 valence electrons. The van der Waals surface area contributed by atoms with Gasteiger partial charge in [0.1, 0.15) is 11.6 Å². The Hall–Kier alpha value is -3.11. The molecule has 0 saturated carbocycles. The van der Waals surface area contributed by atoms with Crippen molar-refractivity contribution >= 4 is 31.5 Å². The monoisotopic (exact) mass is 409 g/mol. The zero-order chi connectivity index (χ0) is 20.7. The molecule has 0 aliphatic rings. The SMILES string of the molecule is CC(C)(C)c1nc(Cc2ccc3c(c2)sc2ccccc23)nc(-c2ccccc2)n1. The second-order valence-corrected chi connectivity index (χ2v) is 9.70. The quantitative estimate of drug-likeness (QED) is 0.329. The van der Waals surface area contributed by atoms with Crippen LogP contribution in [0.25, 0.3) is 31.6 Å². The molecular weight excluding hydrogens is 386 g/mol. The van der Waals surface area contributed by atoms with Gasteiger partial charge >= 0.3 is 0 Å². The molecule has 4 heteroatoms. The molecule has 0 N–H and O–H groups in total. The van der Waals surface area contributed by atoms with E-state index in [9.17, 15) is 0 Å². The van der Waals surface area contributed by atoms with Crippen LogP contribution in [-0.2, 0) is 11.8 Å². The van der Waals surface area contributed by atoms with Gasteiger partial charge < -0.3 is 0 Å². The van der Waals surface area contributed by atoms with Crippen LogP contribution in [0.5, 0.6) is 0 Å². The first-order chi connectivity index (χ1) is 14.5. The van der Waals surface area contributed by atoms with Crippen LogP contribution < -0.4 is 0 Å². The van der Waals surface area contributed by atoms with Gasteiger partial charge in [0, 0.05) is 37.6 Å². The second kappa shape index (κ2) is 7.29. The molecule has 0 bridgehead atoms. The number of hydrogen-bond donors (Lipinski definition) is 0. The molecule has 30 heavy (non-hydrogen) atoms. The molecule has 0 saturated heterocycles. The van der Waals surface area contributed by atoms with Gasteiger partial charge in [-0.1, -0.05) is 81.4 Å². The fourth-order valence-electron chi connectivity index (χ4n) is 3.61. The van der Waals surface area contributed by atoms with Crippen molar-refractivity contribution in [2.24, 2.45) is 0 Å². The Morgan fingerprint density at radius 1 is 0.733 bits per heavy atom. The first-order valence-electron chi connectivity index (χ1n) is 10.2. The van der Waals surface area contributed by atoms with Crippen LogP contribution in [0.2, 0.25) is 0 Å². The van der Waals surface area contributed by atoms with Gasteiger partial charge in [0.2, 0.25) is 0 Å². The van der Waals surface area contributed by atoms with Crippen LogP contribution >= 0.6 is 11.3 Å². The minimum atomic E-state index is -0.142. The van der Waals surface area contributed by atoms with Crippen molar-refractivity contribution in [1.29, 1.82) is 0 Å². The molecule has 2 aromatic heterocycles. The summed E-state index contributed by atoms with van der Waals surface area (Å²) in [7, 11) is 0. The van der Waals surface area contributed by atoms with Gasteiger partial charge in [-0.3, -0.25) is 0 Å². The summed E-state index contributed by atoms with van der Waals surface area (Å²) in [5, 5.41) is 2.64. The van der Waals surface area contributed by atoms with E-state index < -0.39 is 0 Å². The fourth-order valence-corrected chi connectivity index (χ4v) is 4.78. The number of fused-ring (bicyclic) bond motifs is 3. The van der Waals surface area contributed by atoms with Crippen LogP contribution in [0.3, 0.4) is 0 Å². The first kappa shape index (κ1) is 18.9. The highest BCUT2D eigenvalue weighted by molar-refractivity contribution is 7.25. The molecule has 0 atom stereocenters. The van der Waals surface area contributed by atoms with E-state index in [1.54, 1.807) is 0 Å². The molecule has 3 aromatic carbocycles. The van der Waals surface area contributed by atoms with E-state index in [1.165, 1.54) is 25.7 Å². The highest BCUT2D eigenvalue weighted by atomic mass is 32.1. The Morgan fingerprint density at radius 2 is 1.47 bits per heavy atom. The van der Waals surface area contributed by atoms with Gasteiger partial charge in [0.05, 0.1) is 0 Å². The zero-order valence-electron chi connectivity index (χ0n) is 17.4. The summed E-state index contributed by atoms with van der Waals surface area (Å²) in [5.41, 5.74) is 2.10. The third-order valence-corrected chi connectivity index (χ3v) is 6.32. The normalized spacial score (nSPS) is 12.0.